The minimum Gasteiger partial charge on any atom is -0.382 e. The second kappa shape index (κ2) is 11.6. The van der Waals surface area contributed by atoms with E-state index in [1.807, 2.05) is 0 Å². The molecule has 1 aliphatic carbocycles. The Hall–Kier alpha value is -3.25. The minimum absolute atomic E-state index is 0.0237. The molecule has 0 radical (unpaired) electrons. The van der Waals surface area contributed by atoms with Crippen LogP contribution in [0.5, 0.6) is 0 Å². The fourth-order valence-electron chi connectivity index (χ4n) is 6.58. The zero-order valence-corrected chi connectivity index (χ0v) is 24.7. The van der Waals surface area contributed by atoms with Crippen LogP contribution in [0, 0.1) is 24.5 Å². The second-order valence-electron chi connectivity index (χ2n) is 12.4. The molecular formula is C35H42F2N4. The van der Waals surface area contributed by atoms with Crippen molar-refractivity contribution in [1.29, 1.82) is 0 Å². The number of anilines is 2. The Morgan fingerprint density at radius 3 is 2.34 bits per heavy atom. The highest BCUT2D eigenvalue weighted by atomic mass is 19.1. The Labute approximate surface area is 243 Å². The molecule has 3 aromatic carbocycles. The molecule has 1 N–H and O–H groups in total. The Balaban J connectivity index is 1.14. The van der Waals surface area contributed by atoms with Gasteiger partial charge >= 0.3 is 0 Å². The topological polar surface area (TPSA) is 30.9 Å². The molecule has 4 nitrogen and oxygen atoms in total. The molecule has 2 heterocycles. The summed E-state index contributed by atoms with van der Waals surface area (Å²) < 4.78 is 28.1. The molecule has 0 bridgehead atoms. The Bertz CT molecular complexity index is 1400. The van der Waals surface area contributed by atoms with Crippen molar-refractivity contribution in [1.82, 2.24) is 4.90 Å². The van der Waals surface area contributed by atoms with Crippen LogP contribution in [0.25, 0.3) is 0 Å². The summed E-state index contributed by atoms with van der Waals surface area (Å²) >= 11 is 0. The van der Waals surface area contributed by atoms with Crippen LogP contribution in [0.4, 0.5) is 20.2 Å². The number of aryl methyl sites for hydroxylation is 1. The van der Waals surface area contributed by atoms with Crippen molar-refractivity contribution in [2.45, 2.75) is 77.5 Å². The van der Waals surface area contributed by atoms with Gasteiger partial charge in [-0.15, -0.1) is 0 Å². The lowest BCUT2D eigenvalue weighted by atomic mass is 9.83. The number of fused-ring (bicyclic) bond motifs is 1. The summed E-state index contributed by atoms with van der Waals surface area (Å²) in [6, 6.07) is 19.3. The number of hydrogen-bond acceptors (Lipinski definition) is 4. The van der Waals surface area contributed by atoms with E-state index in [0.717, 1.165) is 55.7 Å². The smallest absolute Gasteiger partial charge is 0.126 e. The van der Waals surface area contributed by atoms with E-state index in [0.29, 0.717) is 23.5 Å². The van der Waals surface area contributed by atoms with Gasteiger partial charge in [0, 0.05) is 60.2 Å². The number of hydrogen-bond donors (Lipinski definition) is 1. The average molecular weight is 557 g/mol. The van der Waals surface area contributed by atoms with Crippen molar-refractivity contribution < 1.29 is 8.78 Å². The highest BCUT2D eigenvalue weighted by Crippen LogP contribution is 2.36. The number of aliphatic imine (C=N–C) groups is 1. The Morgan fingerprint density at radius 2 is 1.66 bits per heavy atom. The van der Waals surface area contributed by atoms with E-state index in [9.17, 15) is 8.78 Å². The summed E-state index contributed by atoms with van der Waals surface area (Å²) in [5, 5.41) is 3.81. The second-order valence-corrected chi connectivity index (χ2v) is 12.4. The highest BCUT2D eigenvalue weighted by molar-refractivity contribution is 6.14. The van der Waals surface area contributed by atoms with Crippen LogP contribution in [0.15, 0.2) is 65.7 Å². The molecule has 3 aromatic rings. The largest absolute Gasteiger partial charge is 0.382 e. The molecule has 1 saturated carbocycles. The van der Waals surface area contributed by atoms with Gasteiger partial charge in [0.15, 0.2) is 0 Å². The van der Waals surface area contributed by atoms with Gasteiger partial charge in [-0.3, -0.25) is 9.89 Å². The lowest BCUT2D eigenvalue weighted by molar-refractivity contribution is 0.161. The molecule has 3 unspecified atom stereocenters. The summed E-state index contributed by atoms with van der Waals surface area (Å²) in [5.41, 5.74) is 7.13. The molecule has 41 heavy (non-hydrogen) atoms. The van der Waals surface area contributed by atoms with Gasteiger partial charge in [0.05, 0.1) is 17.9 Å². The third-order valence-electron chi connectivity index (χ3n) is 9.45. The van der Waals surface area contributed by atoms with Crippen LogP contribution in [0.1, 0.15) is 74.6 Å². The van der Waals surface area contributed by atoms with Crippen molar-refractivity contribution in [3.05, 3.63) is 94.6 Å². The molecule has 0 amide bonds. The summed E-state index contributed by atoms with van der Waals surface area (Å²) in [7, 11) is 0. The van der Waals surface area contributed by atoms with Crippen LogP contribution < -0.4 is 10.2 Å². The number of nitrogens with zero attached hydrogens (tertiary/aromatic N) is 3. The molecule has 1 saturated heterocycles. The molecule has 0 aromatic heterocycles. The molecule has 6 heteroatoms. The van der Waals surface area contributed by atoms with Crippen LogP contribution in [0.2, 0.25) is 0 Å². The van der Waals surface area contributed by atoms with E-state index in [1.54, 1.807) is 0 Å². The van der Waals surface area contributed by atoms with Gasteiger partial charge in [0.1, 0.15) is 11.6 Å². The molecule has 216 valence electrons. The van der Waals surface area contributed by atoms with Crippen LogP contribution in [-0.2, 0) is 0 Å². The van der Waals surface area contributed by atoms with Gasteiger partial charge < -0.3 is 10.2 Å². The summed E-state index contributed by atoms with van der Waals surface area (Å²) in [6.45, 7) is 12.1. The lowest BCUT2D eigenvalue weighted by Crippen LogP contribution is -2.52. The standard InChI is InChI=1S/C35H42F2N4/c1-22-7-5-6-8-34(22)41(21-26-9-10-26)25(4)40-15-13-30(14-16-40)39-31-11-12-32-33(20-31)23(2)24(3)38-35(32)27-17-28(36)19-29(37)18-27/h5-8,11-12,17-20,23-26,30,39H,9-10,13-16,21H2,1-4H3. The van der Waals surface area contributed by atoms with E-state index in [-0.39, 0.29) is 12.0 Å². The normalized spacial score (nSPS) is 22.1. The molecule has 2 fully saturated rings. The monoisotopic (exact) mass is 556 g/mol. The number of piperidine rings is 1. The third kappa shape index (κ3) is 6.04. The average Bonchev–Trinajstić information content (AvgIpc) is 3.78. The first-order chi connectivity index (χ1) is 19.8. The first-order valence-electron chi connectivity index (χ1n) is 15.3. The maximum Gasteiger partial charge on any atom is 0.126 e. The number of halogens is 2. The number of nitrogens with one attached hydrogen (secondary N) is 1. The Morgan fingerprint density at radius 1 is 0.951 bits per heavy atom. The van der Waals surface area contributed by atoms with Crippen molar-refractivity contribution in [2.24, 2.45) is 10.9 Å². The fraction of sp³-hybridized carbons (Fsp3) is 0.457. The SMILES string of the molecule is Cc1ccccc1N(CC1CC1)C(C)N1CCC(Nc2ccc3c(c2)C(C)C(C)N=C3c2cc(F)cc(F)c2)CC1. The maximum atomic E-state index is 14.0. The van der Waals surface area contributed by atoms with Crippen molar-refractivity contribution in [3.8, 4) is 0 Å². The van der Waals surface area contributed by atoms with Crippen molar-refractivity contribution in [3.63, 3.8) is 0 Å². The molecule has 6 rings (SSSR count). The minimum atomic E-state index is -0.580. The molecule has 0 spiro atoms. The zero-order chi connectivity index (χ0) is 28.7. The lowest BCUT2D eigenvalue weighted by Gasteiger charge is -2.43. The first-order valence-corrected chi connectivity index (χ1v) is 15.3. The van der Waals surface area contributed by atoms with Gasteiger partial charge in [-0.05, 0) is 93.8 Å². The number of benzene rings is 3. The van der Waals surface area contributed by atoms with Crippen LogP contribution in [-0.4, -0.2) is 48.5 Å². The summed E-state index contributed by atoms with van der Waals surface area (Å²) in [5.74, 6) is -0.112. The van der Waals surface area contributed by atoms with E-state index in [4.69, 9.17) is 4.99 Å². The molecular weight excluding hydrogens is 514 g/mol. The van der Waals surface area contributed by atoms with E-state index in [1.165, 1.54) is 41.8 Å². The predicted octanol–water partition coefficient (Wildman–Crippen LogP) is 7.76. The van der Waals surface area contributed by atoms with Gasteiger partial charge in [-0.2, -0.15) is 0 Å². The molecule has 3 atom stereocenters. The fourth-order valence-corrected chi connectivity index (χ4v) is 6.58. The van der Waals surface area contributed by atoms with Crippen molar-refractivity contribution >= 4 is 17.1 Å². The van der Waals surface area contributed by atoms with E-state index in [2.05, 4.69) is 85.3 Å². The molecule has 2 aliphatic heterocycles. The van der Waals surface area contributed by atoms with E-state index < -0.39 is 11.6 Å². The molecule has 3 aliphatic rings. The summed E-state index contributed by atoms with van der Waals surface area (Å²) in [4.78, 5) is 10.1. The number of para-hydroxylation sites is 1. The van der Waals surface area contributed by atoms with Crippen molar-refractivity contribution in [2.75, 3.05) is 29.9 Å². The quantitative estimate of drug-likeness (QED) is 0.308. The van der Waals surface area contributed by atoms with Crippen LogP contribution in [0.3, 0.4) is 0 Å². The Kier molecular flexibility index (Phi) is 7.86. The first kappa shape index (κ1) is 27.9. The highest BCUT2D eigenvalue weighted by Gasteiger charge is 2.32. The van der Waals surface area contributed by atoms with E-state index >= 15 is 0 Å². The van der Waals surface area contributed by atoms with Gasteiger partial charge in [-0.1, -0.05) is 31.2 Å². The van der Waals surface area contributed by atoms with Gasteiger partial charge in [0.2, 0.25) is 0 Å². The summed E-state index contributed by atoms with van der Waals surface area (Å²) in [6.07, 6.45) is 5.26. The van der Waals surface area contributed by atoms with Gasteiger partial charge in [-0.25, -0.2) is 8.78 Å². The predicted molar refractivity (Wildman–Crippen MR) is 165 cm³/mol. The van der Waals surface area contributed by atoms with Crippen LogP contribution >= 0.6 is 0 Å². The third-order valence-corrected chi connectivity index (χ3v) is 9.45. The maximum absolute atomic E-state index is 14.0. The zero-order valence-electron chi connectivity index (χ0n) is 24.7. The van der Waals surface area contributed by atoms with Gasteiger partial charge in [0.25, 0.3) is 0 Å². The number of likely N-dealkylation sites (tertiary alicyclic amines) is 1. The number of rotatable bonds is 8.